The Balaban J connectivity index is 1.24. The molecule has 0 saturated heterocycles. The first kappa shape index (κ1) is 29.8. The zero-order chi connectivity index (χ0) is 34.4. The third-order valence-electron chi connectivity index (χ3n) is 9.72. The molecule has 0 saturated carbocycles. The first-order valence-electron chi connectivity index (χ1n) is 17.3. The number of fused-ring (bicyclic) bond motifs is 5. The van der Waals surface area contributed by atoms with Gasteiger partial charge in [-0.05, 0) is 39.1 Å². The van der Waals surface area contributed by atoms with Gasteiger partial charge in [-0.15, -0.1) is 0 Å². The fraction of sp³-hybridized carbons (Fsp3) is 0. The third-order valence-corrected chi connectivity index (χ3v) is 9.72. The van der Waals surface area contributed by atoms with Crippen molar-refractivity contribution in [1.29, 1.82) is 0 Å². The fourth-order valence-corrected chi connectivity index (χ4v) is 7.17. The minimum Gasteiger partial charge on any atom is -0.227 e. The molecular formula is C47H29N5. The summed E-state index contributed by atoms with van der Waals surface area (Å²) in [6, 6.07) is 60.5. The van der Waals surface area contributed by atoms with E-state index in [0.717, 1.165) is 76.7 Å². The van der Waals surface area contributed by atoms with Crippen molar-refractivity contribution < 1.29 is 0 Å². The Hall–Kier alpha value is -7.11. The Morgan fingerprint density at radius 3 is 1.42 bits per heavy atom. The van der Waals surface area contributed by atoms with E-state index in [1.54, 1.807) is 0 Å². The molecule has 2 aromatic heterocycles. The molecule has 10 aromatic rings. The van der Waals surface area contributed by atoms with Crippen LogP contribution < -0.4 is 0 Å². The van der Waals surface area contributed by atoms with Crippen molar-refractivity contribution in [2.75, 3.05) is 0 Å². The first-order valence-corrected chi connectivity index (χ1v) is 17.3. The van der Waals surface area contributed by atoms with Crippen molar-refractivity contribution in [1.82, 2.24) is 24.9 Å². The van der Waals surface area contributed by atoms with Crippen molar-refractivity contribution in [3.63, 3.8) is 0 Å². The largest absolute Gasteiger partial charge is 0.227 e. The number of benzene rings is 8. The second kappa shape index (κ2) is 12.3. The van der Waals surface area contributed by atoms with E-state index < -0.39 is 0 Å². The second-order valence-electron chi connectivity index (χ2n) is 12.9. The highest BCUT2D eigenvalue weighted by Crippen LogP contribution is 2.36. The van der Waals surface area contributed by atoms with Gasteiger partial charge in [0.25, 0.3) is 0 Å². The molecule has 0 amide bonds. The summed E-state index contributed by atoms with van der Waals surface area (Å²) in [6.07, 6.45) is 0. The molecule has 0 bridgehead atoms. The van der Waals surface area contributed by atoms with Crippen LogP contribution in [-0.2, 0) is 0 Å². The Labute approximate surface area is 300 Å². The summed E-state index contributed by atoms with van der Waals surface area (Å²) in [7, 11) is 0. The summed E-state index contributed by atoms with van der Waals surface area (Å²) in [5.41, 5.74) is 6.58. The van der Waals surface area contributed by atoms with Crippen LogP contribution in [-0.4, -0.2) is 24.9 Å². The van der Waals surface area contributed by atoms with E-state index >= 15 is 0 Å². The SMILES string of the molecule is c1ccc(-c2nc(-c3ccccc3)c3ccc4ccc(-c5nc(-c6cccc7ccccc67)nc(-c6cccc7ccccc67)n5)cc4c3n2)cc1. The summed E-state index contributed by atoms with van der Waals surface area (Å²) >= 11 is 0. The van der Waals surface area contributed by atoms with Crippen molar-refractivity contribution in [2.24, 2.45) is 0 Å². The maximum absolute atomic E-state index is 5.23. The van der Waals surface area contributed by atoms with Gasteiger partial charge in [0.15, 0.2) is 23.3 Å². The van der Waals surface area contributed by atoms with E-state index in [2.05, 4.69) is 140 Å². The van der Waals surface area contributed by atoms with Gasteiger partial charge >= 0.3 is 0 Å². The molecule has 10 rings (SSSR count). The lowest BCUT2D eigenvalue weighted by Crippen LogP contribution is -2.01. The monoisotopic (exact) mass is 663 g/mol. The number of nitrogens with zero attached hydrogens (tertiary/aromatic N) is 5. The molecule has 0 aliphatic rings. The average molecular weight is 664 g/mol. The van der Waals surface area contributed by atoms with E-state index in [1.807, 2.05) is 36.4 Å². The smallest absolute Gasteiger partial charge is 0.164 e. The Morgan fingerprint density at radius 1 is 0.269 bits per heavy atom. The van der Waals surface area contributed by atoms with Gasteiger partial charge in [0.2, 0.25) is 0 Å². The number of aromatic nitrogens is 5. The molecule has 0 unspecified atom stereocenters. The van der Waals surface area contributed by atoms with Gasteiger partial charge in [-0.3, -0.25) is 0 Å². The summed E-state index contributed by atoms with van der Waals surface area (Å²) in [4.78, 5) is 25.9. The normalized spacial score (nSPS) is 11.5. The third kappa shape index (κ3) is 5.15. The van der Waals surface area contributed by atoms with Crippen LogP contribution in [0.5, 0.6) is 0 Å². The summed E-state index contributed by atoms with van der Waals surface area (Å²) < 4.78 is 0. The molecule has 5 nitrogen and oxygen atoms in total. The van der Waals surface area contributed by atoms with Crippen LogP contribution in [0.2, 0.25) is 0 Å². The van der Waals surface area contributed by atoms with Gasteiger partial charge in [0, 0.05) is 38.6 Å². The lowest BCUT2D eigenvalue weighted by Gasteiger charge is -2.13. The molecule has 242 valence electrons. The molecule has 0 N–H and O–H groups in total. The zero-order valence-corrected chi connectivity index (χ0v) is 28.0. The quantitative estimate of drug-likeness (QED) is 0.171. The molecule has 0 atom stereocenters. The predicted octanol–water partition coefficient (Wildman–Crippen LogP) is 11.6. The molecule has 52 heavy (non-hydrogen) atoms. The predicted molar refractivity (Wildman–Crippen MR) is 213 cm³/mol. The Bertz CT molecular complexity index is 2850. The van der Waals surface area contributed by atoms with Gasteiger partial charge in [-0.25, -0.2) is 24.9 Å². The molecule has 0 radical (unpaired) electrons. The van der Waals surface area contributed by atoms with Crippen molar-refractivity contribution in [3.8, 4) is 56.8 Å². The number of hydrogen-bond donors (Lipinski definition) is 0. The van der Waals surface area contributed by atoms with Gasteiger partial charge in [0.05, 0.1) is 11.2 Å². The fourth-order valence-electron chi connectivity index (χ4n) is 7.17. The molecular weight excluding hydrogens is 635 g/mol. The van der Waals surface area contributed by atoms with Crippen LogP contribution in [0, 0.1) is 0 Å². The van der Waals surface area contributed by atoms with Crippen LogP contribution in [0.3, 0.4) is 0 Å². The summed E-state index contributed by atoms with van der Waals surface area (Å²) in [5, 5.41) is 7.52. The lowest BCUT2D eigenvalue weighted by atomic mass is 9.99. The highest BCUT2D eigenvalue weighted by Gasteiger charge is 2.18. The van der Waals surface area contributed by atoms with Gasteiger partial charge in [0.1, 0.15) is 0 Å². The number of rotatable bonds is 5. The molecule has 0 fully saturated rings. The Kier molecular flexibility index (Phi) is 7.07. The highest BCUT2D eigenvalue weighted by molar-refractivity contribution is 6.10. The Morgan fingerprint density at radius 2 is 0.769 bits per heavy atom. The van der Waals surface area contributed by atoms with E-state index in [-0.39, 0.29) is 0 Å². The minimum absolute atomic E-state index is 0.598. The van der Waals surface area contributed by atoms with Crippen molar-refractivity contribution in [3.05, 3.63) is 176 Å². The lowest BCUT2D eigenvalue weighted by molar-refractivity contribution is 1.08. The maximum atomic E-state index is 5.23. The first-order chi connectivity index (χ1) is 25.8. The van der Waals surface area contributed by atoms with Crippen LogP contribution >= 0.6 is 0 Å². The number of hydrogen-bond acceptors (Lipinski definition) is 5. The van der Waals surface area contributed by atoms with Gasteiger partial charge in [-0.2, -0.15) is 0 Å². The molecule has 5 heteroatoms. The van der Waals surface area contributed by atoms with Crippen molar-refractivity contribution >= 4 is 43.2 Å². The molecule has 2 heterocycles. The van der Waals surface area contributed by atoms with Crippen LogP contribution in [0.4, 0.5) is 0 Å². The van der Waals surface area contributed by atoms with Crippen LogP contribution in [0.25, 0.3) is 100 Å². The molecule has 0 aliphatic heterocycles. The van der Waals surface area contributed by atoms with E-state index in [4.69, 9.17) is 24.9 Å². The molecule has 8 aromatic carbocycles. The second-order valence-corrected chi connectivity index (χ2v) is 12.9. The van der Waals surface area contributed by atoms with Gasteiger partial charge < -0.3 is 0 Å². The van der Waals surface area contributed by atoms with Gasteiger partial charge in [-0.1, -0.05) is 164 Å². The maximum Gasteiger partial charge on any atom is 0.164 e. The topological polar surface area (TPSA) is 64.5 Å². The van der Waals surface area contributed by atoms with Crippen molar-refractivity contribution in [2.45, 2.75) is 0 Å². The van der Waals surface area contributed by atoms with E-state index in [0.29, 0.717) is 23.3 Å². The van der Waals surface area contributed by atoms with E-state index in [9.17, 15) is 0 Å². The van der Waals surface area contributed by atoms with Crippen LogP contribution in [0.15, 0.2) is 176 Å². The average Bonchev–Trinajstić information content (AvgIpc) is 3.23. The zero-order valence-electron chi connectivity index (χ0n) is 28.0. The minimum atomic E-state index is 0.598. The van der Waals surface area contributed by atoms with Crippen LogP contribution in [0.1, 0.15) is 0 Å². The standard InChI is InChI=1S/C47H29N5/c1-3-15-33(16-4-1)42-40-28-27-32-25-26-35(29-41(32)43(40)49-44(48-42)34-17-5-2-6-18-34)45-50-46(38-23-11-19-30-13-7-9-21-36(30)38)52-47(51-45)39-24-12-20-31-14-8-10-22-37(31)39/h1-29H. The molecule has 0 aliphatic carbocycles. The molecule has 0 spiro atoms. The summed E-state index contributed by atoms with van der Waals surface area (Å²) in [6.45, 7) is 0. The summed E-state index contributed by atoms with van der Waals surface area (Å²) in [5.74, 6) is 2.53. The highest BCUT2D eigenvalue weighted by atomic mass is 15.0. The van der Waals surface area contributed by atoms with E-state index in [1.165, 1.54) is 0 Å².